The molecule has 0 amide bonds. The van der Waals surface area contributed by atoms with E-state index < -0.39 is 95.4 Å². The lowest BCUT2D eigenvalue weighted by molar-refractivity contribution is -0.299. The van der Waals surface area contributed by atoms with Gasteiger partial charge in [0.05, 0.1) is 42.7 Å². The number of esters is 3. The number of hydrogen-bond acceptors (Lipinski definition) is 16. The number of nitrogens with zero attached hydrogens (tertiary/aromatic N) is 2. The van der Waals surface area contributed by atoms with Crippen molar-refractivity contribution in [3.63, 3.8) is 0 Å². The molecule has 0 unspecified atom stereocenters. The van der Waals surface area contributed by atoms with Crippen molar-refractivity contribution >= 4 is 23.6 Å². The Morgan fingerprint density at radius 2 is 1.57 bits per heavy atom. The van der Waals surface area contributed by atoms with Gasteiger partial charge in [-0.15, -0.1) is 0 Å². The predicted molar refractivity (Wildman–Crippen MR) is 213 cm³/mol. The monoisotopic (exact) mass is 831 g/mol. The second-order valence-electron chi connectivity index (χ2n) is 17.7. The van der Waals surface area contributed by atoms with Gasteiger partial charge in [0.2, 0.25) is 5.79 Å². The summed E-state index contributed by atoms with van der Waals surface area (Å²) >= 11 is 0. The minimum atomic E-state index is -1.99. The van der Waals surface area contributed by atoms with Gasteiger partial charge in [-0.3, -0.25) is 14.4 Å². The number of likely N-dealkylation sites (N-methyl/N-ethyl adjacent to an activating group) is 1. The Balaban J connectivity index is 2.21. The molecule has 1 aliphatic carbocycles. The smallest absolute Gasteiger partial charge is 0.312 e. The second-order valence-corrected chi connectivity index (χ2v) is 17.7. The fourth-order valence-electron chi connectivity index (χ4n) is 9.04. The van der Waals surface area contributed by atoms with E-state index in [0.29, 0.717) is 25.0 Å². The molecule has 1 saturated carbocycles. The first-order valence-corrected chi connectivity index (χ1v) is 21.1. The molecule has 336 valence electrons. The van der Waals surface area contributed by atoms with Crippen LogP contribution >= 0.6 is 0 Å². The number of hydrogen-bond donors (Lipinski definition) is 4. The highest BCUT2D eigenvalue weighted by Crippen LogP contribution is 2.40. The first kappa shape index (κ1) is 49.9. The topological polar surface area (TPSA) is 212 Å². The van der Waals surface area contributed by atoms with E-state index in [2.05, 4.69) is 5.16 Å². The van der Waals surface area contributed by atoms with Gasteiger partial charge >= 0.3 is 17.9 Å². The molecule has 2 heterocycles. The quantitative estimate of drug-likeness (QED) is 0.0952. The molecule has 3 rings (SSSR count). The average molecular weight is 831 g/mol. The molecule has 0 aromatic rings. The Labute approximate surface area is 345 Å². The van der Waals surface area contributed by atoms with Gasteiger partial charge < -0.3 is 58.6 Å². The molecule has 2 saturated heterocycles. The molecule has 2 aliphatic heterocycles. The third kappa shape index (κ3) is 12.3. The van der Waals surface area contributed by atoms with Crippen LogP contribution in [0.2, 0.25) is 0 Å². The van der Waals surface area contributed by atoms with Crippen LogP contribution in [0.4, 0.5) is 0 Å². The van der Waals surface area contributed by atoms with Crippen molar-refractivity contribution in [3.05, 3.63) is 0 Å². The van der Waals surface area contributed by atoms with Crippen molar-refractivity contribution in [2.24, 2.45) is 28.8 Å². The number of oxime groups is 1. The lowest BCUT2D eigenvalue weighted by Crippen LogP contribution is -2.60. The van der Waals surface area contributed by atoms with Gasteiger partial charge in [-0.1, -0.05) is 39.3 Å². The number of ether oxygens (including phenoxy) is 6. The maximum Gasteiger partial charge on any atom is 0.312 e. The van der Waals surface area contributed by atoms with Gasteiger partial charge in [0.15, 0.2) is 6.29 Å². The molecule has 3 aliphatic rings. The van der Waals surface area contributed by atoms with Crippen molar-refractivity contribution in [3.8, 4) is 0 Å². The Morgan fingerprint density at radius 1 is 0.948 bits per heavy atom. The zero-order valence-electron chi connectivity index (χ0n) is 37.0. The zero-order valence-corrected chi connectivity index (χ0v) is 37.0. The lowest BCUT2D eigenvalue weighted by Gasteiger charge is -2.47. The Morgan fingerprint density at radius 3 is 2.14 bits per heavy atom. The number of carbonyl (C=O) groups is 3. The van der Waals surface area contributed by atoms with E-state index in [4.69, 9.17) is 33.3 Å². The normalized spacial score (nSPS) is 40.0. The minimum Gasteiger partial charge on any atom is -0.469 e. The summed E-state index contributed by atoms with van der Waals surface area (Å²) in [7, 11) is 6.50. The molecule has 0 aromatic heterocycles. The number of aliphatic hydroxyl groups is 4. The molecule has 0 radical (unpaired) electrons. The van der Waals surface area contributed by atoms with E-state index in [1.807, 2.05) is 32.8 Å². The molecule has 0 aromatic carbocycles. The Bertz CT molecular complexity index is 1370. The van der Waals surface area contributed by atoms with Gasteiger partial charge in [0.25, 0.3) is 0 Å². The highest BCUT2D eigenvalue weighted by molar-refractivity contribution is 5.89. The van der Waals surface area contributed by atoms with Gasteiger partial charge in [-0.25, -0.2) is 0 Å². The van der Waals surface area contributed by atoms with Crippen LogP contribution in [0, 0.1) is 23.7 Å². The summed E-state index contributed by atoms with van der Waals surface area (Å²) in [5.41, 5.74) is -3.49. The van der Waals surface area contributed by atoms with Crippen LogP contribution in [0.25, 0.3) is 0 Å². The molecular weight excluding hydrogens is 756 g/mol. The van der Waals surface area contributed by atoms with Gasteiger partial charge in [-0.05, 0) is 80.3 Å². The zero-order chi connectivity index (χ0) is 43.7. The summed E-state index contributed by atoms with van der Waals surface area (Å²) in [6, 6.07) is -0.353. The average Bonchev–Trinajstić information content (AvgIpc) is 3.17. The van der Waals surface area contributed by atoms with E-state index in [0.717, 1.165) is 19.3 Å². The van der Waals surface area contributed by atoms with Crippen LogP contribution in [0.1, 0.15) is 126 Å². The molecule has 0 bridgehead atoms. The third-order valence-corrected chi connectivity index (χ3v) is 12.6. The van der Waals surface area contributed by atoms with E-state index in [-0.39, 0.29) is 44.2 Å². The van der Waals surface area contributed by atoms with Gasteiger partial charge in [0.1, 0.15) is 23.9 Å². The van der Waals surface area contributed by atoms with Crippen molar-refractivity contribution in [1.82, 2.24) is 4.90 Å². The summed E-state index contributed by atoms with van der Waals surface area (Å²) in [6.07, 6.45) is -3.54. The molecule has 58 heavy (non-hydrogen) atoms. The maximum absolute atomic E-state index is 14.1. The first-order valence-electron chi connectivity index (χ1n) is 21.1. The summed E-state index contributed by atoms with van der Waals surface area (Å²) in [6.45, 7) is 13.2. The first-order chi connectivity index (χ1) is 27.0. The SMILES string of the molecule is CC[C@H]1OC(=O)[C@H](C)[C@@H](OC(=O)CCCC(=O)OC)[C@H](C)[C@@H](O[C@@H]2O[C@H](C)C[C@H](N(C)C)[C@H]2O)[C@@](C)(O)C[C@H](C)/C(=N\OC2(OC)CCCCC2)[C@H](C)[C@@H](O)[C@]1(C)O. The number of rotatable bonds is 12. The van der Waals surface area contributed by atoms with Crippen molar-refractivity contribution in [1.29, 1.82) is 0 Å². The van der Waals surface area contributed by atoms with E-state index in [9.17, 15) is 34.8 Å². The maximum atomic E-state index is 14.1. The van der Waals surface area contributed by atoms with Gasteiger partial charge in [0, 0.05) is 56.6 Å². The number of methoxy groups -OCH3 is 2. The Hall–Kier alpha value is -2.44. The fourth-order valence-corrected chi connectivity index (χ4v) is 9.04. The van der Waals surface area contributed by atoms with E-state index >= 15 is 0 Å². The molecule has 16 nitrogen and oxygen atoms in total. The van der Waals surface area contributed by atoms with Crippen LogP contribution in [-0.2, 0) is 47.6 Å². The van der Waals surface area contributed by atoms with E-state index in [1.165, 1.54) is 21.0 Å². The summed E-state index contributed by atoms with van der Waals surface area (Å²) in [5, 5.41) is 52.9. The summed E-state index contributed by atoms with van der Waals surface area (Å²) < 4.78 is 35.4. The molecular formula is C42H74N2O14. The van der Waals surface area contributed by atoms with Crippen LogP contribution in [-0.4, -0.2) is 143 Å². The number of aliphatic hydroxyl groups excluding tert-OH is 2. The van der Waals surface area contributed by atoms with Crippen LogP contribution < -0.4 is 0 Å². The van der Waals surface area contributed by atoms with E-state index in [1.54, 1.807) is 34.8 Å². The minimum absolute atomic E-state index is 0.0308. The molecule has 16 heteroatoms. The lowest BCUT2D eigenvalue weighted by atomic mass is 9.73. The molecule has 0 spiro atoms. The van der Waals surface area contributed by atoms with Crippen molar-refractivity contribution < 1.29 is 68.1 Å². The summed E-state index contributed by atoms with van der Waals surface area (Å²) in [4.78, 5) is 47.5. The number of cyclic esters (lactones) is 1. The number of carbonyl (C=O) groups excluding carboxylic acids is 3. The highest BCUT2D eigenvalue weighted by Gasteiger charge is 2.52. The van der Waals surface area contributed by atoms with Gasteiger partial charge in [-0.2, -0.15) is 0 Å². The highest BCUT2D eigenvalue weighted by atomic mass is 16.8. The summed E-state index contributed by atoms with van der Waals surface area (Å²) in [5.74, 6) is -6.70. The molecule has 14 atom stereocenters. The van der Waals surface area contributed by atoms with Crippen LogP contribution in [0.3, 0.4) is 0 Å². The Kier molecular flexibility index (Phi) is 18.4. The standard InChI is InChI=1S/C42H74N2O14/c1-13-30-41(8,51)36(48)26(4)33(43-58-42(53-12)20-15-14-16-21-42)24(2)23-40(7,50)37(57-39-34(47)29(44(9)10)22-25(3)54-39)27(5)35(28(6)38(49)55-30)56-32(46)19-17-18-31(45)52-11/h24-30,34-37,39,47-48,50-51H,13-23H2,1-12H3/b43-33+/t24-,25+,26-,27-,28+,29-,30+,34+,35-,36+,37+,39-,40-,41+/m0/s1. The largest absolute Gasteiger partial charge is 0.469 e. The molecule has 4 N–H and O–H groups in total. The predicted octanol–water partition coefficient (Wildman–Crippen LogP) is 3.86. The third-order valence-electron chi connectivity index (χ3n) is 12.6. The molecule has 3 fully saturated rings. The second kappa shape index (κ2) is 21.4. The van der Waals surface area contributed by atoms with Crippen LogP contribution in [0.15, 0.2) is 5.16 Å². The fraction of sp³-hybridized carbons (Fsp3) is 0.905. The van der Waals surface area contributed by atoms with Crippen molar-refractivity contribution in [2.45, 2.75) is 192 Å². The van der Waals surface area contributed by atoms with Crippen molar-refractivity contribution in [2.75, 3.05) is 28.3 Å². The van der Waals surface area contributed by atoms with Crippen LogP contribution in [0.5, 0.6) is 0 Å².